The molecule has 0 atom stereocenters. The minimum absolute atomic E-state index is 0.161. The monoisotopic (exact) mass is 311 g/mol. The Balaban J connectivity index is 1.61. The minimum Gasteiger partial charge on any atom is -0.361 e. The molecule has 0 unspecified atom stereocenters. The van der Waals surface area contributed by atoms with E-state index in [9.17, 15) is 0 Å². The fourth-order valence-corrected chi connectivity index (χ4v) is 3.79. The van der Waals surface area contributed by atoms with Crippen LogP contribution in [0.5, 0.6) is 0 Å². The first-order chi connectivity index (χ1) is 9.55. The van der Waals surface area contributed by atoms with Crippen LogP contribution in [0.4, 0.5) is 0 Å². The Morgan fingerprint density at radius 2 is 2.20 bits per heavy atom. The summed E-state index contributed by atoms with van der Waals surface area (Å²) in [6, 6.07) is 2.01. The molecule has 1 aliphatic heterocycles. The lowest BCUT2D eigenvalue weighted by Gasteiger charge is -2.37. The standard InChI is InChI=1S/C14H18ClN3OS/c1-10-7-11(17-19-10)9-18-5-3-14(2,4-6-18)13-16-8-12(15)20-13/h7-8H,3-6,9H2,1-2H3. The van der Waals surface area contributed by atoms with Crippen molar-refractivity contribution < 1.29 is 4.52 Å². The summed E-state index contributed by atoms with van der Waals surface area (Å²) in [5.74, 6) is 0.874. The van der Waals surface area contributed by atoms with Gasteiger partial charge < -0.3 is 4.52 Å². The van der Waals surface area contributed by atoms with E-state index in [2.05, 4.69) is 22.0 Å². The fraction of sp³-hybridized carbons (Fsp3) is 0.571. The molecule has 1 fully saturated rings. The first kappa shape index (κ1) is 14.0. The topological polar surface area (TPSA) is 42.2 Å². The van der Waals surface area contributed by atoms with Crippen LogP contribution in [-0.4, -0.2) is 28.1 Å². The van der Waals surface area contributed by atoms with Crippen molar-refractivity contribution in [3.8, 4) is 0 Å². The highest BCUT2D eigenvalue weighted by Crippen LogP contribution is 2.38. The van der Waals surface area contributed by atoms with Crippen molar-refractivity contribution in [2.24, 2.45) is 0 Å². The molecule has 2 aromatic rings. The predicted octanol–water partition coefficient (Wildman–Crippen LogP) is 3.65. The number of hydrogen-bond donors (Lipinski definition) is 0. The molecule has 20 heavy (non-hydrogen) atoms. The van der Waals surface area contributed by atoms with Gasteiger partial charge in [0.2, 0.25) is 0 Å². The Morgan fingerprint density at radius 1 is 1.45 bits per heavy atom. The summed E-state index contributed by atoms with van der Waals surface area (Å²) < 4.78 is 5.90. The highest BCUT2D eigenvalue weighted by atomic mass is 35.5. The Hall–Kier alpha value is -0.910. The summed E-state index contributed by atoms with van der Waals surface area (Å²) in [5.41, 5.74) is 1.18. The SMILES string of the molecule is Cc1cc(CN2CCC(C)(c3ncc(Cl)s3)CC2)no1. The Morgan fingerprint density at radius 3 is 2.75 bits per heavy atom. The molecule has 0 radical (unpaired) electrons. The smallest absolute Gasteiger partial charge is 0.133 e. The molecule has 0 bridgehead atoms. The summed E-state index contributed by atoms with van der Waals surface area (Å²) in [7, 11) is 0. The van der Waals surface area contributed by atoms with E-state index in [0.717, 1.165) is 48.3 Å². The number of likely N-dealkylation sites (tertiary alicyclic amines) is 1. The van der Waals surface area contributed by atoms with E-state index in [4.69, 9.17) is 16.1 Å². The zero-order chi connectivity index (χ0) is 14.2. The molecular weight excluding hydrogens is 294 g/mol. The van der Waals surface area contributed by atoms with Crippen LogP contribution in [0.25, 0.3) is 0 Å². The predicted molar refractivity (Wildman–Crippen MR) is 80.2 cm³/mol. The van der Waals surface area contributed by atoms with Gasteiger partial charge in [-0.15, -0.1) is 11.3 Å². The molecule has 0 spiro atoms. The first-order valence-electron chi connectivity index (χ1n) is 6.81. The van der Waals surface area contributed by atoms with Crippen LogP contribution in [0.15, 0.2) is 16.8 Å². The average Bonchev–Trinajstić information content (AvgIpc) is 3.02. The van der Waals surface area contributed by atoms with Crippen LogP contribution in [0.3, 0.4) is 0 Å². The summed E-state index contributed by atoms with van der Waals surface area (Å²) in [6.45, 7) is 7.20. The van der Waals surface area contributed by atoms with Gasteiger partial charge in [-0.2, -0.15) is 0 Å². The molecule has 4 nitrogen and oxygen atoms in total. The third kappa shape index (κ3) is 2.90. The summed E-state index contributed by atoms with van der Waals surface area (Å²) in [5, 5.41) is 5.23. The number of nitrogens with zero attached hydrogens (tertiary/aromatic N) is 3. The van der Waals surface area contributed by atoms with E-state index < -0.39 is 0 Å². The van der Waals surface area contributed by atoms with Crippen LogP contribution in [0, 0.1) is 6.92 Å². The highest BCUT2D eigenvalue weighted by Gasteiger charge is 2.34. The van der Waals surface area contributed by atoms with Gasteiger partial charge >= 0.3 is 0 Å². The van der Waals surface area contributed by atoms with Crippen molar-refractivity contribution in [1.29, 1.82) is 0 Å². The molecular formula is C14H18ClN3OS. The van der Waals surface area contributed by atoms with E-state index >= 15 is 0 Å². The third-order valence-electron chi connectivity index (χ3n) is 4.02. The zero-order valence-electron chi connectivity index (χ0n) is 11.7. The molecule has 3 rings (SSSR count). The van der Waals surface area contributed by atoms with Gasteiger partial charge in [-0.05, 0) is 32.9 Å². The second-order valence-corrected chi connectivity index (χ2v) is 7.40. The van der Waals surface area contributed by atoms with E-state index in [1.54, 1.807) is 17.5 Å². The number of halogens is 1. The van der Waals surface area contributed by atoms with E-state index in [-0.39, 0.29) is 5.41 Å². The van der Waals surface area contributed by atoms with Gasteiger partial charge in [0.25, 0.3) is 0 Å². The third-order valence-corrected chi connectivity index (χ3v) is 5.44. The Bertz CT molecular complexity index is 587. The van der Waals surface area contributed by atoms with Crippen molar-refractivity contribution in [2.45, 2.75) is 38.6 Å². The van der Waals surface area contributed by atoms with Crippen molar-refractivity contribution >= 4 is 22.9 Å². The molecule has 0 aromatic carbocycles. The first-order valence-corrected chi connectivity index (χ1v) is 8.01. The van der Waals surface area contributed by atoms with Crippen molar-refractivity contribution in [3.63, 3.8) is 0 Å². The van der Waals surface area contributed by atoms with Crippen molar-refractivity contribution in [2.75, 3.05) is 13.1 Å². The second-order valence-electron chi connectivity index (χ2n) is 5.74. The molecule has 3 heterocycles. The summed E-state index contributed by atoms with van der Waals surface area (Å²) in [6.07, 6.45) is 3.97. The lowest BCUT2D eigenvalue weighted by atomic mass is 9.81. The number of piperidine rings is 1. The number of hydrogen-bond acceptors (Lipinski definition) is 5. The molecule has 108 valence electrons. The normalized spacial score (nSPS) is 19.4. The van der Waals surface area contributed by atoms with Crippen LogP contribution in [0.1, 0.15) is 36.2 Å². The maximum atomic E-state index is 6.01. The molecule has 6 heteroatoms. The highest BCUT2D eigenvalue weighted by molar-refractivity contribution is 7.15. The van der Waals surface area contributed by atoms with E-state index in [1.165, 1.54) is 5.01 Å². The van der Waals surface area contributed by atoms with Gasteiger partial charge in [0.05, 0.1) is 16.9 Å². The number of aromatic nitrogens is 2. The van der Waals surface area contributed by atoms with Gasteiger partial charge in [-0.25, -0.2) is 4.98 Å². The Kier molecular flexibility index (Phi) is 3.84. The molecule has 0 amide bonds. The van der Waals surface area contributed by atoms with E-state index in [0.29, 0.717) is 0 Å². The minimum atomic E-state index is 0.161. The maximum absolute atomic E-state index is 6.01. The lowest BCUT2D eigenvalue weighted by Crippen LogP contribution is -2.40. The molecule has 0 aliphatic carbocycles. The van der Waals surface area contributed by atoms with Crippen LogP contribution < -0.4 is 0 Å². The van der Waals surface area contributed by atoms with Gasteiger partial charge in [0.1, 0.15) is 10.1 Å². The molecule has 1 aliphatic rings. The Labute approximate surface area is 127 Å². The van der Waals surface area contributed by atoms with Crippen molar-refractivity contribution in [3.05, 3.63) is 33.1 Å². The molecule has 0 N–H and O–H groups in total. The van der Waals surface area contributed by atoms with Crippen LogP contribution in [0.2, 0.25) is 4.34 Å². The van der Waals surface area contributed by atoms with Gasteiger partial charge in [-0.1, -0.05) is 23.7 Å². The second kappa shape index (κ2) is 5.47. The molecule has 2 aromatic heterocycles. The van der Waals surface area contributed by atoms with Crippen LogP contribution in [-0.2, 0) is 12.0 Å². The van der Waals surface area contributed by atoms with Crippen LogP contribution >= 0.6 is 22.9 Å². The summed E-state index contributed by atoms with van der Waals surface area (Å²) >= 11 is 7.62. The van der Waals surface area contributed by atoms with Gasteiger partial charge in [0.15, 0.2) is 0 Å². The van der Waals surface area contributed by atoms with E-state index in [1.807, 2.05) is 13.0 Å². The quantitative estimate of drug-likeness (QED) is 0.868. The largest absolute Gasteiger partial charge is 0.361 e. The average molecular weight is 312 g/mol. The zero-order valence-corrected chi connectivity index (χ0v) is 13.3. The fourth-order valence-electron chi connectivity index (χ4n) is 2.67. The molecule has 0 saturated carbocycles. The molecule has 1 saturated heterocycles. The lowest BCUT2D eigenvalue weighted by molar-refractivity contribution is 0.158. The van der Waals surface area contributed by atoms with Crippen molar-refractivity contribution in [1.82, 2.24) is 15.0 Å². The maximum Gasteiger partial charge on any atom is 0.133 e. The van der Waals surface area contributed by atoms with Gasteiger partial charge in [0, 0.05) is 18.0 Å². The number of aryl methyl sites for hydroxylation is 1. The van der Waals surface area contributed by atoms with Gasteiger partial charge in [-0.3, -0.25) is 4.90 Å². The number of rotatable bonds is 3. The number of thiazole rings is 1. The summed E-state index contributed by atoms with van der Waals surface area (Å²) in [4.78, 5) is 6.89.